The molecule has 1 aromatic carbocycles. The molecule has 1 aliphatic heterocycles. The Labute approximate surface area is 243 Å². The van der Waals surface area contributed by atoms with Crippen molar-refractivity contribution in [1.82, 2.24) is 19.7 Å². The lowest BCUT2D eigenvalue weighted by atomic mass is 9.92. The summed E-state index contributed by atoms with van der Waals surface area (Å²) < 4.78 is 38.3. The molecule has 1 saturated heterocycles. The number of fused-ring (bicyclic) bond motifs is 1. The first-order chi connectivity index (χ1) is 19.8. The normalized spacial score (nSPS) is 25.0. The molecule has 2 aromatic heterocycles. The van der Waals surface area contributed by atoms with Crippen molar-refractivity contribution in [2.45, 2.75) is 57.6 Å². The van der Waals surface area contributed by atoms with Gasteiger partial charge in [0.15, 0.2) is 11.4 Å². The molecule has 0 saturated carbocycles. The molecule has 1 aliphatic rings. The van der Waals surface area contributed by atoms with Gasteiger partial charge in [0.1, 0.15) is 41.9 Å². The van der Waals surface area contributed by atoms with Crippen LogP contribution in [0.5, 0.6) is 5.75 Å². The Morgan fingerprint density at radius 1 is 1.29 bits per heavy atom. The third-order valence-corrected chi connectivity index (χ3v) is 8.07. The predicted octanol–water partition coefficient (Wildman–Crippen LogP) is 2.10. The number of esters is 1. The molecule has 228 valence electrons. The number of nitrogens with one attached hydrogen (secondary N) is 1. The molecule has 15 heteroatoms. The summed E-state index contributed by atoms with van der Waals surface area (Å²) in [6.07, 6.45) is -1.66. The highest BCUT2D eigenvalue weighted by Gasteiger charge is 2.56. The van der Waals surface area contributed by atoms with E-state index in [-0.39, 0.29) is 23.6 Å². The number of nitrogen functional groups attached to an aromatic ring is 1. The van der Waals surface area contributed by atoms with Gasteiger partial charge in [-0.05, 0) is 36.6 Å². The zero-order valence-corrected chi connectivity index (χ0v) is 25.0. The number of aliphatic hydroxyl groups excluding tert-OH is 2. The molecule has 0 bridgehead atoms. The summed E-state index contributed by atoms with van der Waals surface area (Å²) in [6, 6.07) is 10.4. The number of aliphatic imine (C=N–C) groups is 1. The Hall–Kier alpha value is -3.39. The molecular weight excluding hydrogens is 567 g/mol. The molecule has 4 rings (SSSR count). The molecule has 0 amide bonds. The Bertz CT molecular complexity index is 1460. The molecule has 0 unspecified atom stereocenters. The zero-order valence-electron chi connectivity index (χ0n) is 24.1. The van der Waals surface area contributed by atoms with Crippen molar-refractivity contribution in [2.24, 2.45) is 10.4 Å². The van der Waals surface area contributed by atoms with E-state index in [1.807, 2.05) is 20.8 Å². The number of hydrogen-bond acceptors (Lipinski definition) is 12. The predicted molar refractivity (Wildman–Crippen MR) is 154 cm³/mol. The van der Waals surface area contributed by atoms with Crippen LogP contribution in [0.4, 0.5) is 5.82 Å². The minimum atomic E-state index is -4.28. The molecular formula is C27H37N6O8P. The number of aromatic nitrogens is 3. The van der Waals surface area contributed by atoms with Crippen molar-refractivity contribution in [3.63, 3.8) is 0 Å². The number of nitrogens with zero attached hydrogens (tertiary/aromatic N) is 4. The van der Waals surface area contributed by atoms with Gasteiger partial charge in [-0.3, -0.25) is 14.3 Å². The van der Waals surface area contributed by atoms with Gasteiger partial charge < -0.3 is 29.9 Å². The van der Waals surface area contributed by atoms with Crippen LogP contribution < -0.4 is 15.3 Å². The van der Waals surface area contributed by atoms with Crippen LogP contribution >= 0.6 is 7.75 Å². The summed E-state index contributed by atoms with van der Waals surface area (Å²) in [6.45, 7) is 6.85. The van der Waals surface area contributed by atoms with Crippen LogP contribution in [0.25, 0.3) is 5.52 Å². The second-order valence-corrected chi connectivity index (χ2v) is 12.8. The molecule has 14 nitrogen and oxygen atoms in total. The van der Waals surface area contributed by atoms with E-state index in [0.717, 1.165) is 0 Å². The number of benzene rings is 1. The van der Waals surface area contributed by atoms with Crippen molar-refractivity contribution in [2.75, 3.05) is 26.0 Å². The number of aliphatic hydroxyl groups is 2. The molecule has 42 heavy (non-hydrogen) atoms. The maximum atomic E-state index is 13.9. The monoisotopic (exact) mass is 604 g/mol. The summed E-state index contributed by atoms with van der Waals surface area (Å²) in [7, 11) is -2.79. The molecule has 3 aromatic rings. The molecule has 6 atom stereocenters. The van der Waals surface area contributed by atoms with Crippen molar-refractivity contribution in [1.29, 1.82) is 0 Å². The number of ether oxygens (including phenoxy) is 2. The third kappa shape index (κ3) is 6.80. The van der Waals surface area contributed by atoms with E-state index < -0.39 is 50.3 Å². The minimum absolute atomic E-state index is 0.147. The molecule has 0 radical (unpaired) electrons. The fourth-order valence-corrected chi connectivity index (χ4v) is 5.89. The minimum Gasteiger partial charge on any atom is -0.464 e. The highest BCUT2D eigenvalue weighted by molar-refractivity contribution is 7.52. The largest absolute Gasteiger partial charge is 0.464 e. The van der Waals surface area contributed by atoms with Crippen molar-refractivity contribution in [3.8, 4) is 5.75 Å². The van der Waals surface area contributed by atoms with E-state index in [1.54, 1.807) is 42.5 Å². The molecule has 0 spiro atoms. The van der Waals surface area contributed by atoms with Crippen LogP contribution in [0.2, 0.25) is 0 Å². The second-order valence-electron chi connectivity index (χ2n) is 11.1. The van der Waals surface area contributed by atoms with Crippen LogP contribution in [0.1, 0.15) is 33.4 Å². The van der Waals surface area contributed by atoms with Gasteiger partial charge in [-0.1, -0.05) is 39.0 Å². The van der Waals surface area contributed by atoms with Crippen LogP contribution in [-0.4, -0.2) is 81.6 Å². The van der Waals surface area contributed by atoms with Gasteiger partial charge in [0.25, 0.3) is 0 Å². The first-order valence-corrected chi connectivity index (χ1v) is 14.8. The van der Waals surface area contributed by atoms with Gasteiger partial charge in [-0.15, -0.1) is 0 Å². The maximum absolute atomic E-state index is 13.9. The summed E-state index contributed by atoms with van der Waals surface area (Å²) in [5.41, 5.74) is 4.81. The van der Waals surface area contributed by atoms with Crippen LogP contribution in [0, 0.1) is 5.41 Å². The van der Waals surface area contributed by atoms with Gasteiger partial charge >= 0.3 is 13.7 Å². The number of hydrogen-bond donors (Lipinski definition) is 4. The number of anilines is 1. The first-order valence-electron chi connectivity index (χ1n) is 13.3. The molecule has 3 heterocycles. The van der Waals surface area contributed by atoms with E-state index in [2.05, 4.69) is 20.2 Å². The second kappa shape index (κ2) is 12.5. The lowest BCUT2D eigenvalue weighted by molar-refractivity contribution is -0.148. The fraction of sp³-hybridized carbons (Fsp3) is 0.481. The van der Waals surface area contributed by atoms with E-state index in [1.165, 1.54) is 31.0 Å². The van der Waals surface area contributed by atoms with Crippen LogP contribution in [0.3, 0.4) is 0 Å². The molecule has 0 aliphatic carbocycles. The van der Waals surface area contributed by atoms with Crippen molar-refractivity contribution >= 4 is 31.3 Å². The highest BCUT2D eigenvalue weighted by Crippen LogP contribution is 2.47. The average Bonchev–Trinajstić information content (AvgIpc) is 3.48. The Morgan fingerprint density at radius 3 is 2.67 bits per heavy atom. The van der Waals surface area contributed by atoms with E-state index in [9.17, 15) is 19.6 Å². The lowest BCUT2D eigenvalue weighted by Gasteiger charge is -2.28. The number of carbonyl (C=O) groups is 1. The zero-order chi connectivity index (χ0) is 30.7. The highest BCUT2D eigenvalue weighted by atomic mass is 31.2. The number of nitrogens with two attached hydrogens (primary N) is 1. The van der Waals surface area contributed by atoms with Gasteiger partial charge in [0.05, 0.1) is 18.9 Å². The molecule has 5 N–H and O–H groups in total. The Morgan fingerprint density at radius 2 is 2.00 bits per heavy atom. The summed E-state index contributed by atoms with van der Waals surface area (Å²) >= 11 is 0. The standard InChI is InChI=1S/C27H37N6O8P/c1-17(25(36)38-15-26(2,3)4)32-42(37,41-18-9-7-6-8-10-18)39-13-20-22(34)23(35)27(40-20,14-29-5)21-12-11-19-24(28)30-16-31-33(19)21/h6-12,14,16-17,20,22-23,34-35H,13,15H2,1-5H3,(H,32,37)(H2,28,30,31)/t17-,20+,22+,23+,27-,42-/m0/s1. The van der Waals surface area contributed by atoms with Gasteiger partial charge in [0, 0.05) is 13.3 Å². The molecule has 1 fully saturated rings. The third-order valence-electron chi connectivity index (χ3n) is 6.42. The summed E-state index contributed by atoms with van der Waals surface area (Å²) in [5.74, 6) is -0.244. The lowest BCUT2D eigenvalue weighted by Crippen LogP contribution is -2.43. The van der Waals surface area contributed by atoms with E-state index >= 15 is 0 Å². The van der Waals surface area contributed by atoms with Crippen LogP contribution in [0.15, 0.2) is 53.8 Å². The van der Waals surface area contributed by atoms with Crippen molar-refractivity contribution in [3.05, 3.63) is 54.5 Å². The van der Waals surface area contributed by atoms with Crippen molar-refractivity contribution < 1.29 is 38.1 Å². The summed E-state index contributed by atoms with van der Waals surface area (Å²) in [4.78, 5) is 20.7. The fourth-order valence-electron chi connectivity index (χ4n) is 4.39. The van der Waals surface area contributed by atoms with Gasteiger partial charge in [-0.25, -0.2) is 14.1 Å². The topological polar surface area (TPSA) is 192 Å². The first kappa shape index (κ1) is 31.5. The number of rotatable bonds is 11. The average molecular weight is 605 g/mol. The van der Waals surface area contributed by atoms with E-state index in [0.29, 0.717) is 11.2 Å². The van der Waals surface area contributed by atoms with Crippen LogP contribution in [-0.2, 0) is 29.0 Å². The van der Waals surface area contributed by atoms with Gasteiger partial charge in [-0.2, -0.15) is 10.2 Å². The number of carbonyl (C=O) groups excluding carboxylic acids is 1. The Kier molecular flexibility index (Phi) is 9.36. The smallest absolute Gasteiger partial charge is 0.459 e. The quantitative estimate of drug-likeness (QED) is 0.142. The van der Waals surface area contributed by atoms with Gasteiger partial charge in [0.2, 0.25) is 0 Å². The summed E-state index contributed by atoms with van der Waals surface area (Å²) in [5, 5.41) is 29.1. The van der Waals surface area contributed by atoms with E-state index in [4.69, 9.17) is 24.3 Å². The Balaban J connectivity index is 1.57. The SMILES string of the molecule is CN=C[C@@]1(c2ccc3c(N)ncnn23)O[C@H](CO[P@@](=O)(N[C@@H](C)C(=O)OCC(C)(C)C)Oc2ccccc2)[C@@H](O)[C@H]1O. The number of para-hydroxylation sites is 1. The maximum Gasteiger partial charge on any atom is 0.459 e.